The summed E-state index contributed by atoms with van der Waals surface area (Å²) in [6, 6.07) is 15.9. The zero-order valence-corrected chi connectivity index (χ0v) is 15.7. The smallest absolute Gasteiger partial charge is 0.278 e. The van der Waals surface area contributed by atoms with Gasteiger partial charge in [-0.2, -0.15) is 4.68 Å². The lowest BCUT2D eigenvalue weighted by Crippen LogP contribution is -2.33. The summed E-state index contributed by atoms with van der Waals surface area (Å²) >= 11 is 0. The minimum Gasteiger partial charge on any atom is -0.371 e. The first-order valence-corrected chi connectivity index (χ1v) is 9.56. The van der Waals surface area contributed by atoms with E-state index in [0.29, 0.717) is 17.6 Å². The minimum absolute atomic E-state index is 0.100. The highest BCUT2D eigenvalue weighted by molar-refractivity contribution is 5.76. The Balaban J connectivity index is 1.53. The van der Waals surface area contributed by atoms with Crippen molar-refractivity contribution in [2.75, 3.05) is 25.0 Å². The van der Waals surface area contributed by atoms with Crippen molar-refractivity contribution in [3.05, 3.63) is 64.4 Å². The first-order valence-electron chi connectivity index (χ1n) is 9.56. The molecule has 0 bridgehead atoms. The second kappa shape index (κ2) is 7.88. The topological polar surface area (TPSA) is 54.3 Å². The van der Waals surface area contributed by atoms with Gasteiger partial charge in [0.15, 0.2) is 0 Å². The molecule has 0 N–H and O–H groups in total. The van der Waals surface area contributed by atoms with E-state index in [4.69, 9.17) is 0 Å². The molecule has 0 aliphatic carbocycles. The molecular weight excluding hydrogens is 338 g/mol. The number of hydrogen-bond acceptors (Lipinski definition) is 5. The first kappa shape index (κ1) is 17.7. The van der Waals surface area contributed by atoms with Crippen molar-refractivity contribution in [2.45, 2.75) is 32.5 Å². The van der Waals surface area contributed by atoms with Crippen LogP contribution in [-0.4, -0.2) is 40.0 Å². The van der Waals surface area contributed by atoms with E-state index in [1.165, 1.54) is 35.2 Å². The lowest BCUT2D eigenvalue weighted by Gasteiger charge is -2.31. The molecule has 1 aliphatic heterocycles. The Morgan fingerprint density at radius 1 is 1.00 bits per heavy atom. The number of hydrogen-bond donors (Lipinski definition) is 0. The summed E-state index contributed by atoms with van der Waals surface area (Å²) in [5, 5.41) is 8.88. The monoisotopic (exact) mass is 363 g/mol. The highest BCUT2D eigenvalue weighted by Gasteiger charge is 2.15. The SMILES string of the molecule is CN(Cc1ccccc1N1CCCCC1)Cn1nnc2ccccc2c1=O. The van der Waals surface area contributed by atoms with Crippen molar-refractivity contribution in [3.8, 4) is 0 Å². The Hall–Kier alpha value is -2.73. The Bertz CT molecular complexity index is 977. The van der Waals surface area contributed by atoms with E-state index in [1.54, 1.807) is 6.07 Å². The molecule has 140 valence electrons. The van der Waals surface area contributed by atoms with Gasteiger partial charge in [-0.25, -0.2) is 0 Å². The van der Waals surface area contributed by atoms with Gasteiger partial charge in [-0.15, -0.1) is 5.10 Å². The van der Waals surface area contributed by atoms with Crippen molar-refractivity contribution >= 4 is 16.6 Å². The standard InChI is InChI=1S/C21H25N5O/c1-24(16-26-21(27)18-10-4-5-11-19(18)22-23-26)15-17-9-3-6-12-20(17)25-13-7-2-8-14-25/h3-6,9-12H,2,7-8,13-16H2,1H3. The van der Waals surface area contributed by atoms with Crippen molar-refractivity contribution in [2.24, 2.45) is 0 Å². The largest absolute Gasteiger partial charge is 0.371 e. The molecule has 1 aliphatic rings. The van der Waals surface area contributed by atoms with Crippen molar-refractivity contribution in [1.82, 2.24) is 19.9 Å². The third-order valence-corrected chi connectivity index (χ3v) is 5.13. The maximum Gasteiger partial charge on any atom is 0.278 e. The summed E-state index contributed by atoms with van der Waals surface area (Å²) < 4.78 is 1.44. The van der Waals surface area contributed by atoms with Crippen LogP contribution >= 0.6 is 0 Å². The number of para-hydroxylation sites is 1. The number of piperidine rings is 1. The molecule has 0 unspecified atom stereocenters. The van der Waals surface area contributed by atoms with Gasteiger partial charge in [0.05, 0.1) is 12.1 Å². The van der Waals surface area contributed by atoms with Gasteiger partial charge in [-0.05, 0) is 50.1 Å². The fraction of sp³-hybridized carbons (Fsp3) is 0.381. The predicted octanol–water partition coefficient (Wildman–Crippen LogP) is 2.87. The van der Waals surface area contributed by atoms with Crippen LogP contribution in [0.5, 0.6) is 0 Å². The van der Waals surface area contributed by atoms with Crippen LogP contribution in [-0.2, 0) is 13.2 Å². The summed E-state index contributed by atoms with van der Waals surface area (Å²) in [7, 11) is 2.01. The Morgan fingerprint density at radius 3 is 2.59 bits per heavy atom. The summed E-state index contributed by atoms with van der Waals surface area (Å²) in [5.74, 6) is 0. The van der Waals surface area contributed by atoms with E-state index in [9.17, 15) is 4.79 Å². The Labute approximate surface area is 159 Å². The molecule has 3 aromatic rings. The summed E-state index contributed by atoms with van der Waals surface area (Å²) in [4.78, 5) is 17.2. The normalized spacial score (nSPS) is 14.8. The molecule has 2 aromatic carbocycles. The number of nitrogens with zero attached hydrogens (tertiary/aromatic N) is 5. The van der Waals surface area contributed by atoms with Gasteiger partial charge < -0.3 is 4.90 Å². The maximum absolute atomic E-state index is 12.7. The molecule has 0 radical (unpaired) electrons. The quantitative estimate of drug-likeness (QED) is 0.698. The number of anilines is 1. The molecule has 1 aromatic heterocycles. The molecule has 6 heteroatoms. The van der Waals surface area contributed by atoms with Crippen LogP contribution in [0.3, 0.4) is 0 Å². The zero-order chi connectivity index (χ0) is 18.6. The molecule has 2 heterocycles. The van der Waals surface area contributed by atoms with Crippen LogP contribution in [0.15, 0.2) is 53.3 Å². The van der Waals surface area contributed by atoms with Gasteiger partial charge in [-0.3, -0.25) is 9.69 Å². The summed E-state index contributed by atoms with van der Waals surface area (Å²) in [6.45, 7) is 3.41. The molecule has 0 spiro atoms. The molecule has 0 amide bonds. The second-order valence-electron chi connectivity index (χ2n) is 7.24. The Kier molecular flexibility index (Phi) is 5.16. The van der Waals surface area contributed by atoms with E-state index in [1.807, 2.05) is 25.2 Å². The van der Waals surface area contributed by atoms with Crippen LogP contribution in [0.25, 0.3) is 10.9 Å². The molecule has 4 rings (SSSR count). The fourth-order valence-electron chi connectivity index (χ4n) is 3.77. The molecule has 1 saturated heterocycles. The van der Waals surface area contributed by atoms with E-state index < -0.39 is 0 Å². The second-order valence-corrected chi connectivity index (χ2v) is 7.24. The van der Waals surface area contributed by atoms with Crippen LogP contribution in [0.1, 0.15) is 24.8 Å². The average molecular weight is 363 g/mol. The number of rotatable bonds is 5. The average Bonchev–Trinajstić information content (AvgIpc) is 2.71. The van der Waals surface area contributed by atoms with E-state index >= 15 is 0 Å². The van der Waals surface area contributed by atoms with Crippen LogP contribution in [0.4, 0.5) is 5.69 Å². The maximum atomic E-state index is 12.7. The van der Waals surface area contributed by atoms with Crippen LogP contribution in [0.2, 0.25) is 0 Å². The van der Waals surface area contributed by atoms with Crippen LogP contribution in [0, 0.1) is 0 Å². The molecular formula is C21H25N5O. The van der Waals surface area contributed by atoms with E-state index in [-0.39, 0.29) is 5.56 Å². The highest BCUT2D eigenvalue weighted by atomic mass is 16.1. The third kappa shape index (κ3) is 3.85. The van der Waals surface area contributed by atoms with Crippen LogP contribution < -0.4 is 10.5 Å². The summed E-state index contributed by atoms with van der Waals surface area (Å²) in [6.07, 6.45) is 3.83. The van der Waals surface area contributed by atoms with Gasteiger partial charge in [0.2, 0.25) is 0 Å². The number of aromatic nitrogens is 3. The van der Waals surface area contributed by atoms with E-state index in [0.717, 1.165) is 19.6 Å². The van der Waals surface area contributed by atoms with Gasteiger partial charge in [0.25, 0.3) is 5.56 Å². The van der Waals surface area contributed by atoms with Gasteiger partial charge in [0.1, 0.15) is 5.52 Å². The highest BCUT2D eigenvalue weighted by Crippen LogP contribution is 2.25. The van der Waals surface area contributed by atoms with Gasteiger partial charge in [-0.1, -0.05) is 35.5 Å². The lowest BCUT2D eigenvalue weighted by molar-refractivity contribution is 0.236. The molecule has 6 nitrogen and oxygen atoms in total. The fourth-order valence-corrected chi connectivity index (χ4v) is 3.77. The van der Waals surface area contributed by atoms with E-state index in [2.05, 4.69) is 44.4 Å². The molecule has 0 atom stereocenters. The molecule has 1 fully saturated rings. The van der Waals surface area contributed by atoms with Crippen molar-refractivity contribution in [1.29, 1.82) is 0 Å². The number of fused-ring (bicyclic) bond motifs is 1. The molecule has 27 heavy (non-hydrogen) atoms. The molecule has 0 saturated carbocycles. The van der Waals surface area contributed by atoms with Gasteiger partial charge >= 0.3 is 0 Å². The zero-order valence-electron chi connectivity index (χ0n) is 15.7. The summed E-state index contributed by atoms with van der Waals surface area (Å²) in [5.41, 5.74) is 3.12. The van der Waals surface area contributed by atoms with Crippen molar-refractivity contribution in [3.63, 3.8) is 0 Å². The third-order valence-electron chi connectivity index (χ3n) is 5.13. The first-order chi connectivity index (χ1) is 13.2. The Morgan fingerprint density at radius 2 is 1.74 bits per heavy atom. The minimum atomic E-state index is -0.100. The van der Waals surface area contributed by atoms with Gasteiger partial charge in [0, 0.05) is 25.3 Å². The number of benzene rings is 2. The van der Waals surface area contributed by atoms with Crippen molar-refractivity contribution < 1.29 is 0 Å². The lowest BCUT2D eigenvalue weighted by atomic mass is 10.1. The predicted molar refractivity (Wildman–Crippen MR) is 108 cm³/mol.